The summed E-state index contributed by atoms with van der Waals surface area (Å²) in [5, 5.41) is 16.1. The number of aliphatic hydroxyl groups is 1. The standard InChI is InChI=1S/C4H8O3.Na/c1-3(2-5)4(6)7;/h3,5H,2H2,1H3,(H,6,7);/t3-;/m0./s1. The molecule has 0 rings (SSSR count). The Morgan fingerprint density at radius 2 is 2.12 bits per heavy atom. The van der Waals surface area contributed by atoms with Gasteiger partial charge in [0.2, 0.25) is 0 Å². The zero-order chi connectivity index (χ0) is 5.86. The van der Waals surface area contributed by atoms with Crippen LogP contribution in [0, 0.1) is 5.92 Å². The molecule has 0 aliphatic carbocycles. The molecule has 0 amide bonds. The molecule has 0 aliphatic rings. The summed E-state index contributed by atoms with van der Waals surface area (Å²) in [6.07, 6.45) is 0. The fourth-order valence-electron chi connectivity index (χ4n) is 0.0781. The third-order valence-corrected chi connectivity index (χ3v) is 0.695. The molecule has 0 saturated heterocycles. The van der Waals surface area contributed by atoms with Gasteiger partial charge in [-0.3, -0.25) is 4.79 Å². The molecule has 0 aromatic carbocycles. The predicted molar refractivity (Wildman–Crippen MR) is 29.6 cm³/mol. The van der Waals surface area contributed by atoms with Crippen molar-refractivity contribution in [2.24, 2.45) is 5.92 Å². The van der Waals surface area contributed by atoms with Crippen molar-refractivity contribution in [3.63, 3.8) is 0 Å². The molecule has 0 unspecified atom stereocenters. The first-order chi connectivity index (χ1) is 3.18. The average Bonchev–Trinajstić information content (AvgIpc) is 1.65. The third-order valence-electron chi connectivity index (χ3n) is 0.695. The fourth-order valence-corrected chi connectivity index (χ4v) is 0.0781. The Labute approximate surface area is 70.0 Å². The summed E-state index contributed by atoms with van der Waals surface area (Å²) >= 11 is 0. The third kappa shape index (κ3) is 4.59. The molecule has 8 heavy (non-hydrogen) atoms. The SMILES string of the molecule is C[C@@H](CO)C(=O)O.[Na]. The van der Waals surface area contributed by atoms with E-state index in [2.05, 4.69) is 0 Å². The summed E-state index contributed by atoms with van der Waals surface area (Å²) in [6, 6.07) is 0. The first-order valence-corrected chi connectivity index (χ1v) is 2.02. The van der Waals surface area contributed by atoms with Crippen LogP contribution in [0.15, 0.2) is 0 Å². The van der Waals surface area contributed by atoms with Crippen molar-refractivity contribution in [1.29, 1.82) is 0 Å². The van der Waals surface area contributed by atoms with Gasteiger partial charge in [0.05, 0.1) is 12.5 Å². The van der Waals surface area contributed by atoms with Gasteiger partial charge in [0.25, 0.3) is 0 Å². The van der Waals surface area contributed by atoms with Crippen molar-refractivity contribution >= 4 is 35.5 Å². The second-order valence-corrected chi connectivity index (χ2v) is 1.42. The summed E-state index contributed by atoms with van der Waals surface area (Å²) in [5.41, 5.74) is 0. The molecule has 2 N–H and O–H groups in total. The normalized spacial score (nSPS) is 11.8. The number of hydrogen-bond acceptors (Lipinski definition) is 2. The van der Waals surface area contributed by atoms with Gasteiger partial charge in [-0.1, -0.05) is 0 Å². The number of aliphatic hydroxyl groups excluding tert-OH is 1. The van der Waals surface area contributed by atoms with Crippen LogP contribution >= 0.6 is 0 Å². The molecule has 0 aliphatic heterocycles. The number of aliphatic carboxylic acids is 1. The number of hydrogen-bond donors (Lipinski definition) is 2. The van der Waals surface area contributed by atoms with Crippen molar-refractivity contribution in [2.45, 2.75) is 6.92 Å². The largest absolute Gasteiger partial charge is 0.481 e. The van der Waals surface area contributed by atoms with Crippen LogP contribution < -0.4 is 0 Å². The van der Waals surface area contributed by atoms with E-state index in [1.807, 2.05) is 0 Å². The van der Waals surface area contributed by atoms with Crippen LogP contribution in [0.3, 0.4) is 0 Å². The van der Waals surface area contributed by atoms with Gasteiger partial charge in [0.1, 0.15) is 0 Å². The summed E-state index contributed by atoms with van der Waals surface area (Å²) in [4.78, 5) is 9.77. The van der Waals surface area contributed by atoms with Gasteiger partial charge >= 0.3 is 5.97 Å². The van der Waals surface area contributed by atoms with Crippen LogP contribution in [0.4, 0.5) is 0 Å². The van der Waals surface area contributed by atoms with E-state index in [9.17, 15) is 4.79 Å². The number of carboxylic acids is 1. The molecule has 0 heterocycles. The molecule has 3 nitrogen and oxygen atoms in total. The zero-order valence-electron chi connectivity index (χ0n) is 5.09. The van der Waals surface area contributed by atoms with Gasteiger partial charge < -0.3 is 10.2 Å². The van der Waals surface area contributed by atoms with Crippen LogP contribution in [-0.4, -0.2) is 52.3 Å². The van der Waals surface area contributed by atoms with Gasteiger partial charge in [-0.25, -0.2) is 0 Å². The van der Waals surface area contributed by atoms with E-state index in [0.717, 1.165) is 0 Å². The van der Waals surface area contributed by atoms with Crippen LogP contribution in [0.5, 0.6) is 0 Å². The molecule has 1 radical (unpaired) electrons. The van der Waals surface area contributed by atoms with Gasteiger partial charge in [0, 0.05) is 29.6 Å². The monoisotopic (exact) mass is 127 g/mol. The van der Waals surface area contributed by atoms with Crippen molar-refractivity contribution in [3.05, 3.63) is 0 Å². The molecule has 0 saturated carbocycles. The van der Waals surface area contributed by atoms with Gasteiger partial charge in [-0.2, -0.15) is 0 Å². The van der Waals surface area contributed by atoms with Gasteiger partial charge in [0.15, 0.2) is 0 Å². The minimum atomic E-state index is -0.956. The molecular formula is C4H8NaO3. The van der Waals surface area contributed by atoms with E-state index in [0.29, 0.717) is 0 Å². The van der Waals surface area contributed by atoms with E-state index >= 15 is 0 Å². The molecule has 0 bridgehead atoms. The fraction of sp³-hybridized carbons (Fsp3) is 0.750. The van der Waals surface area contributed by atoms with Crippen LogP contribution in [0.25, 0.3) is 0 Å². The molecule has 1 atom stereocenters. The van der Waals surface area contributed by atoms with Crippen molar-refractivity contribution in [1.82, 2.24) is 0 Å². The second kappa shape index (κ2) is 5.56. The Hall–Kier alpha value is 0.430. The minimum Gasteiger partial charge on any atom is -0.481 e. The maximum absolute atomic E-state index is 9.77. The Morgan fingerprint density at radius 3 is 2.12 bits per heavy atom. The molecule has 0 fully saturated rings. The molecular weight excluding hydrogens is 119 g/mol. The molecule has 4 heteroatoms. The smallest absolute Gasteiger partial charge is 0.308 e. The minimum absolute atomic E-state index is 0. The number of carboxylic acid groups (broad SMARTS) is 1. The molecule has 0 aromatic rings. The topological polar surface area (TPSA) is 57.5 Å². The number of rotatable bonds is 2. The first kappa shape index (κ1) is 11.3. The van der Waals surface area contributed by atoms with Crippen LogP contribution in [0.1, 0.15) is 6.92 Å². The Morgan fingerprint density at radius 1 is 1.75 bits per heavy atom. The maximum atomic E-state index is 9.77. The van der Waals surface area contributed by atoms with E-state index in [1.165, 1.54) is 6.92 Å². The van der Waals surface area contributed by atoms with Crippen LogP contribution in [-0.2, 0) is 4.79 Å². The Balaban J connectivity index is 0. The quantitative estimate of drug-likeness (QED) is 0.483. The molecule has 43 valence electrons. The summed E-state index contributed by atoms with van der Waals surface area (Å²) in [7, 11) is 0. The van der Waals surface area contributed by atoms with E-state index in [-0.39, 0.29) is 36.2 Å². The zero-order valence-corrected chi connectivity index (χ0v) is 7.09. The predicted octanol–water partition coefficient (Wildman–Crippen LogP) is -0.681. The summed E-state index contributed by atoms with van der Waals surface area (Å²) in [5.74, 6) is -1.58. The molecule has 0 aromatic heterocycles. The van der Waals surface area contributed by atoms with Crippen molar-refractivity contribution < 1.29 is 15.0 Å². The maximum Gasteiger partial charge on any atom is 0.308 e. The Kier molecular flexibility index (Phi) is 7.83. The van der Waals surface area contributed by atoms with E-state index in [1.54, 1.807) is 0 Å². The van der Waals surface area contributed by atoms with Crippen molar-refractivity contribution in [2.75, 3.05) is 6.61 Å². The van der Waals surface area contributed by atoms with E-state index in [4.69, 9.17) is 10.2 Å². The van der Waals surface area contributed by atoms with Gasteiger partial charge in [-0.05, 0) is 6.92 Å². The second-order valence-electron chi connectivity index (χ2n) is 1.42. The first-order valence-electron chi connectivity index (χ1n) is 2.02. The Bertz CT molecular complexity index is 73.7. The number of carbonyl (C=O) groups is 1. The van der Waals surface area contributed by atoms with Gasteiger partial charge in [-0.15, -0.1) is 0 Å². The summed E-state index contributed by atoms with van der Waals surface area (Å²) in [6.45, 7) is 1.16. The van der Waals surface area contributed by atoms with Crippen LogP contribution in [0.2, 0.25) is 0 Å². The average molecular weight is 127 g/mol. The summed E-state index contributed by atoms with van der Waals surface area (Å²) < 4.78 is 0. The van der Waals surface area contributed by atoms with E-state index < -0.39 is 11.9 Å². The molecule has 0 spiro atoms. The van der Waals surface area contributed by atoms with Crippen molar-refractivity contribution in [3.8, 4) is 0 Å².